The van der Waals surface area contributed by atoms with Crippen LogP contribution in [-0.4, -0.2) is 60.1 Å². The largest absolute Gasteiger partial charge is 0.508 e. The number of carbonyl (C=O) groups excluding carboxylic acids is 1. The molecule has 1 N–H and O–H groups in total. The van der Waals surface area contributed by atoms with Gasteiger partial charge in [0.05, 0.1) is 0 Å². The maximum atomic E-state index is 13.4. The van der Waals surface area contributed by atoms with Crippen LogP contribution >= 0.6 is 0 Å². The molecule has 2 aromatic carbocycles. The van der Waals surface area contributed by atoms with Gasteiger partial charge < -0.3 is 14.9 Å². The van der Waals surface area contributed by atoms with Crippen molar-refractivity contribution in [1.29, 1.82) is 0 Å². The van der Waals surface area contributed by atoms with E-state index in [1.807, 2.05) is 30.3 Å². The number of phenolic OH excluding ortho intramolecular Hbond substituents is 1. The van der Waals surface area contributed by atoms with E-state index in [4.69, 9.17) is 0 Å². The summed E-state index contributed by atoms with van der Waals surface area (Å²) in [5.41, 5.74) is 2.22. The summed E-state index contributed by atoms with van der Waals surface area (Å²) in [5, 5.41) is 9.51. The van der Waals surface area contributed by atoms with Crippen molar-refractivity contribution in [2.24, 2.45) is 0 Å². The van der Waals surface area contributed by atoms with Gasteiger partial charge in [-0.3, -0.25) is 9.69 Å². The highest BCUT2D eigenvalue weighted by Gasteiger charge is 2.33. The van der Waals surface area contributed by atoms with E-state index in [0.29, 0.717) is 5.75 Å². The molecule has 0 aromatic heterocycles. The van der Waals surface area contributed by atoms with Crippen molar-refractivity contribution < 1.29 is 9.90 Å². The predicted octanol–water partition coefficient (Wildman–Crippen LogP) is 3.27. The van der Waals surface area contributed by atoms with Crippen molar-refractivity contribution in [3.63, 3.8) is 0 Å². The number of hydrogen-bond acceptors (Lipinski definition) is 4. The van der Waals surface area contributed by atoms with Crippen molar-refractivity contribution >= 4 is 11.6 Å². The minimum Gasteiger partial charge on any atom is -0.508 e. The van der Waals surface area contributed by atoms with E-state index in [9.17, 15) is 9.90 Å². The molecule has 0 spiro atoms. The van der Waals surface area contributed by atoms with Crippen LogP contribution in [0.15, 0.2) is 54.6 Å². The number of rotatable bonds is 4. The number of likely N-dealkylation sites (tertiary alicyclic amines) is 1. The Labute approximate surface area is 167 Å². The molecule has 0 bridgehead atoms. The maximum Gasteiger partial charge on any atom is 0.244 e. The van der Waals surface area contributed by atoms with Crippen molar-refractivity contribution in [3.8, 4) is 5.75 Å². The molecule has 2 aliphatic rings. The second-order valence-electron chi connectivity index (χ2n) is 7.74. The fraction of sp³-hybridized carbons (Fsp3) is 0.435. The van der Waals surface area contributed by atoms with E-state index in [0.717, 1.165) is 63.4 Å². The summed E-state index contributed by atoms with van der Waals surface area (Å²) in [5.74, 6) is 0.544. The average Bonchev–Trinajstić information content (AvgIpc) is 2.76. The molecule has 5 heteroatoms. The quantitative estimate of drug-likeness (QED) is 0.886. The predicted molar refractivity (Wildman–Crippen MR) is 112 cm³/mol. The summed E-state index contributed by atoms with van der Waals surface area (Å²) >= 11 is 0. The molecular formula is C23H29N3O2. The van der Waals surface area contributed by atoms with E-state index >= 15 is 0 Å². The van der Waals surface area contributed by atoms with Gasteiger partial charge in [-0.2, -0.15) is 0 Å². The third kappa shape index (κ3) is 4.14. The highest BCUT2D eigenvalue weighted by atomic mass is 16.3. The first-order valence-corrected chi connectivity index (χ1v) is 10.3. The Balaban J connectivity index is 1.49. The second kappa shape index (κ2) is 8.65. The first kappa shape index (κ1) is 18.8. The number of nitrogens with zero attached hydrogens (tertiary/aromatic N) is 3. The van der Waals surface area contributed by atoms with Gasteiger partial charge in [0.1, 0.15) is 11.8 Å². The lowest BCUT2D eigenvalue weighted by molar-refractivity contribution is -0.138. The van der Waals surface area contributed by atoms with Crippen LogP contribution in [0.1, 0.15) is 30.9 Å². The molecule has 2 aromatic rings. The summed E-state index contributed by atoms with van der Waals surface area (Å²) < 4.78 is 0. The summed E-state index contributed by atoms with van der Waals surface area (Å²) in [6, 6.07) is 17.4. The van der Waals surface area contributed by atoms with Crippen molar-refractivity contribution in [2.75, 3.05) is 44.2 Å². The minimum absolute atomic E-state index is 0.193. The van der Waals surface area contributed by atoms with Crippen LogP contribution in [0.5, 0.6) is 5.75 Å². The molecule has 1 unspecified atom stereocenters. The molecule has 2 saturated heterocycles. The van der Waals surface area contributed by atoms with Gasteiger partial charge in [0.15, 0.2) is 0 Å². The van der Waals surface area contributed by atoms with Crippen LogP contribution in [0.25, 0.3) is 0 Å². The molecule has 148 valence electrons. The third-order valence-corrected chi connectivity index (χ3v) is 5.91. The number of piperazine rings is 1. The highest BCUT2D eigenvalue weighted by molar-refractivity contribution is 5.83. The number of hydrogen-bond donors (Lipinski definition) is 1. The Bertz CT molecular complexity index is 764. The number of amides is 1. The van der Waals surface area contributed by atoms with E-state index in [1.165, 1.54) is 6.42 Å². The minimum atomic E-state index is -0.193. The summed E-state index contributed by atoms with van der Waals surface area (Å²) in [4.78, 5) is 20.2. The zero-order chi connectivity index (χ0) is 19.3. The number of anilines is 1. The Morgan fingerprint density at radius 3 is 2.07 bits per heavy atom. The molecule has 2 fully saturated rings. The molecule has 0 radical (unpaired) electrons. The van der Waals surface area contributed by atoms with E-state index in [2.05, 4.69) is 26.8 Å². The van der Waals surface area contributed by atoms with Gasteiger partial charge in [-0.1, -0.05) is 30.3 Å². The van der Waals surface area contributed by atoms with Crippen molar-refractivity contribution in [3.05, 3.63) is 60.2 Å². The van der Waals surface area contributed by atoms with Crippen LogP contribution in [0.3, 0.4) is 0 Å². The van der Waals surface area contributed by atoms with Crippen molar-refractivity contribution in [1.82, 2.24) is 9.80 Å². The zero-order valence-electron chi connectivity index (χ0n) is 16.3. The third-order valence-electron chi connectivity index (χ3n) is 5.91. The molecule has 1 amide bonds. The van der Waals surface area contributed by atoms with Gasteiger partial charge in [0, 0.05) is 45.0 Å². The van der Waals surface area contributed by atoms with Gasteiger partial charge in [-0.05, 0) is 49.1 Å². The fourth-order valence-corrected chi connectivity index (χ4v) is 4.33. The molecule has 1 atom stereocenters. The molecule has 0 aliphatic carbocycles. The lowest BCUT2D eigenvalue weighted by Crippen LogP contribution is -2.52. The number of carbonyl (C=O) groups is 1. The van der Waals surface area contributed by atoms with Gasteiger partial charge in [-0.25, -0.2) is 0 Å². The second-order valence-corrected chi connectivity index (χ2v) is 7.74. The SMILES string of the molecule is O=C(C(c1ccccc1)N1CCN(c2ccc(O)cc2)CC1)N1CCCCC1. The van der Waals surface area contributed by atoms with Crippen LogP contribution in [0, 0.1) is 0 Å². The number of piperidine rings is 1. The Morgan fingerprint density at radius 2 is 1.43 bits per heavy atom. The van der Waals surface area contributed by atoms with E-state index in [1.54, 1.807) is 12.1 Å². The molecule has 5 nitrogen and oxygen atoms in total. The monoisotopic (exact) mass is 379 g/mol. The first-order valence-electron chi connectivity index (χ1n) is 10.3. The zero-order valence-corrected chi connectivity index (χ0v) is 16.3. The smallest absolute Gasteiger partial charge is 0.244 e. The van der Waals surface area contributed by atoms with Crippen molar-refractivity contribution in [2.45, 2.75) is 25.3 Å². The normalized spacial score (nSPS) is 19.4. The highest BCUT2D eigenvalue weighted by Crippen LogP contribution is 2.28. The molecule has 4 rings (SSSR count). The number of phenols is 1. The molecule has 2 heterocycles. The molecule has 0 saturated carbocycles. The summed E-state index contributed by atoms with van der Waals surface area (Å²) in [6.45, 7) is 5.22. The van der Waals surface area contributed by atoms with Gasteiger partial charge in [-0.15, -0.1) is 0 Å². The van der Waals surface area contributed by atoms with Crippen LogP contribution in [0.2, 0.25) is 0 Å². The van der Waals surface area contributed by atoms with E-state index < -0.39 is 0 Å². The van der Waals surface area contributed by atoms with Gasteiger partial charge in [0.25, 0.3) is 0 Å². The lowest BCUT2D eigenvalue weighted by Gasteiger charge is -2.41. The topological polar surface area (TPSA) is 47.0 Å². The summed E-state index contributed by atoms with van der Waals surface area (Å²) in [7, 11) is 0. The van der Waals surface area contributed by atoms with Crippen LogP contribution < -0.4 is 4.90 Å². The number of aromatic hydroxyl groups is 1. The Hall–Kier alpha value is -2.53. The van der Waals surface area contributed by atoms with Crippen LogP contribution in [-0.2, 0) is 4.79 Å². The number of benzene rings is 2. The van der Waals surface area contributed by atoms with Gasteiger partial charge in [0.2, 0.25) is 5.91 Å². The van der Waals surface area contributed by atoms with Gasteiger partial charge >= 0.3 is 0 Å². The standard InChI is InChI=1S/C23H29N3O2/c27-21-11-9-20(10-12-21)24-15-17-25(18-16-24)22(19-7-3-1-4-8-19)23(28)26-13-5-2-6-14-26/h1,3-4,7-12,22,27H,2,5-6,13-18H2. The first-order chi connectivity index (χ1) is 13.7. The fourth-order valence-electron chi connectivity index (χ4n) is 4.33. The molecule has 2 aliphatic heterocycles. The Kier molecular flexibility index (Phi) is 5.81. The molecule has 28 heavy (non-hydrogen) atoms. The maximum absolute atomic E-state index is 13.4. The van der Waals surface area contributed by atoms with E-state index in [-0.39, 0.29) is 11.9 Å². The Morgan fingerprint density at radius 1 is 0.786 bits per heavy atom. The summed E-state index contributed by atoms with van der Waals surface area (Å²) in [6.07, 6.45) is 3.45. The van der Waals surface area contributed by atoms with Crippen LogP contribution in [0.4, 0.5) is 5.69 Å². The molecular weight excluding hydrogens is 350 g/mol. The average molecular weight is 380 g/mol. The lowest BCUT2D eigenvalue weighted by atomic mass is 10.0.